The summed E-state index contributed by atoms with van der Waals surface area (Å²) >= 11 is 0. The van der Waals surface area contributed by atoms with Crippen LogP contribution < -0.4 is 16.2 Å². The normalized spacial score (nSPS) is 19.5. The van der Waals surface area contributed by atoms with Crippen LogP contribution in [0.15, 0.2) is 24.3 Å². The molecular formula is C14H21N3O2. The van der Waals surface area contributed by atoms with Crippen LogP contribution in [0.2, 0.25) is 0 Å². The molecule has 1 aliphatic rings. The molecule has 1 aliphatic heterocycles. The van der Waals surface area contributed by atoms with Crippen LogP contribution >= 0.6 is 0 Å². The van der Waals surface area contributed by atoms with Gasteiger partial charge in [-0.15, -0.1) is 0 Å². The highest BCUT2D eigenvalue weighted by Gasteiger charge is 2.28. The van der Waals surface area contributed by atoms with Gasteiger partial charge in [-0.3, -0.25) is 9.69 Å². The smallest absolute Gasteiger partial charge is 0.234 e. The van der Waals surface area contributed by atoms with Crippen molar-refractivity contribution in [1.29, 1.82) is 0 Å². The molecule has 0 radical (unpaired) electrons. The van der Waals surface area contributed by atoms with Gasteiger partial charge < -0.3 is 16.2 Å². The number of rotatable bonds is 6. The minimum atomic E-state index is -0.214. The maximum Gasteiger partial charge on any atom is 0.234 e. The van der Waals surface area contributed by atoms with Crippen LogP contribution in [0.4, 0.5) is 5.69 Å². The Morgan fingerprint density at radius 1 is 1.47 bits per heavy atom. The van der Waals surface area contributed by atoms with Gasteiger partial charge in [0.1, 0.15) is 5.75 Å². The number of nitrogens with zero attached hydrogens (tertiary/aromatic N) is 1. The minimum absolute atomic E-state index is 0.0904. The molecule has 1 aromatic rings. The molecule has 1 unspecified atom stereocenters. The number of likely N-dealkylation sites (tertiary alicyclic amines) is 1. The summed E-state index contributed by atoms with van der Waals surface area (Å²) in [5, 5.41) is 0. The van der Waals surface area contributed by atoms with Gasteiger partial charge in [-0.2, -0.15) is 0 Å². The Labute approximate surface area is 113 Å². The fourth-order valence-electron chi connectivity index (χ4n) is 2.48. The Hall–Kier alpha value is -1.75. The topological polar surface area (TPSA) is 81.6 Å². The lowest BCUT2D eigenvalue weighted by Crippen LogP contribution is -2.40. The number of amides is 1. The average molecular weight is 263 g/mol. The number of benzene rings is 1. The van der Waals surface area contributed by atoms with Gasteiger partial charge in [-0.1, -0.05) is 6.07 Å². The molecule has 0 bridgehead atoms. The molecule has 5 heteroatoms. The Kier molecular flexibility index (Phi) is 4.63. The summed E-state index contributed by atoms with van der Waals surface area (Å²) in [5.41, 5.74) is 11.7. The molecule has 5 nitrogen and oxygen atoms in total. The predicted octanol–water partition coefficient (Wildman–Crippen LogP) is 0.987. The fraction of sp³-hybridized carbons (Fsp3) is 0.500. The third kappa shape index (κ3) is 3.86. The molecule has 1 saturated heterocycles. The van der Waals surface area contributed by atoms with Gasteiger partial charge in [-0.05, 0) is 37.9 Å². The van der Waals surface area contributed by atoms with Crippen molar-refractivity contribution < 1.29 is 9.53 Å². The van der Waals surface area contributed by atoms with E-state index >= 15 is 0 Å². The van der Waals surface area contributed by atoms with Crippen molar-refractivity contribution in [3.8, 4) is 5.75 Å². The van der Waals surface area contributed by atoms with Gasteiger partial charge in [0.05, 0.1) is 12.6 Å². The first-order valence-corrected chi connectivity index (χ1v) is 6.68. The number of hydrogen-bond acceptors (Lipinski definition) is 4. The molecule has 0 spiro atoms. The van der Waals surface area contributed by atoms with Crippen LogP contribution in [0.1, 0.15) is 19.3 Å². The second-order valence-electron chi connectivity index (χ2n) is 4.87. The molecule has 1 heterocycles. The summed E-state index contributed by atoms with van der Waals surface area (Å²) in [6.45, 7) is 2.41. The number of primary amides is 1. The van der Waals surface area contributed by atoms with E-state index in [0.29, 0.717) is 12.3 Å². The fourth-order valence-corrected chi connectivity index (χ4v) is 2.48. The van der Waals surface area contributed by atoms with E-state index in [1.807, 2.05) is 24.3 Å². The third-order valence-corrected chi connectivity index (χ3v) is 3.41. The van der Waals surface area contributed by atoms with Gasteiger partial charge in [0, 0.05) is 18.3 Å². The van der Waals surface area contributed by atoms with E-state index < -0.39 is 0 Å². The average Bonchev–Trinajstić information content (AvgIpc) is 2.83. The number of hydrogen-bond donors (Lipinski definition) is 2. The van der Waals surface area contributed by atoms with Crippen molar-refractivity contribution in [3.05, 3.63) is 24.3 Å². The van der Waals surface area contributed by atoms with Gasteiger partial charge in [0.2, 0.25) is 5.91 Å². The van der Waals surface area contributed by atoms with Crippen molar-refractivity contribution in [3.63, 3.8) is 0 Å². The van der Waals surface area contributed by atoms with Gasteiger partial charge >= 0.3 is 0 Å². The summed E-state index contributed by atoms with van der Waals surface area (Å²) in [6.07, 6.45) is 2.80. The van der Waals surface area contributed by atoms with Crippen LogP contribution in [0.5, 0.6) is 5.75 Å². The highest BCUT2D eigenvalue weighted by atomic mass is 16.5. The molecule has 1 fully saturated rings. The zero-order valence-electron chi connectivity index (χ0n) is 11.0. The summed E-state index contributed by atoms with van der Waals surface area (Å²) in [4.78, 5) is 13.4. The van der Waals surface area contributed by atoms with Crippen molar-refractivity contribution in [2.24, 2.45) is 5.73 Å². The number of anilines is 1. The van der Waals surface area contributed by atoms with E-state index in [9.17, 15) is 4.79 Å². The van der Waals surface area contributed by atoms with Gasteiger partial charge in [0.25, 0.3) is 0 Å². The van der Waals surface area contributed by atoms with Crippen molar-refractivity contribution in [2.75, 3.05) is 25.4 Å². The Morgan fingerprint density at radius 3 is 3.05 bits per heavy atom. The molecule has 1 atom stereocenters. The van der Waals surface area contributed by atoms with Crippen molar-refractivity contribution >= 4 is 11.6 Å². The highest BCUT2D eigenvalue weighted by Crippen LogP contribution is 2.18. The number of carbonyl (C=O) groups excluding carboxylic acids is 1. The summed E-state index contributed by atoms with van der Waals surface area (Å²) < 4.78 is 5.62. The number of nitrogen functional groups attached to an aromatic ring is 1. The monoisotopic (exact) mass is 263 g/mol. The van der Waals surface area contributed by atoms with Crippen LogP contribution in [-0.2, 0) is 4.79 Å². The first-order valence-electron chi connectivity index (χ1n) is 6.68. The number of ether oxygens (including phenoxy) is 1. The van der Waals surface area contributed by atoms with Crippen molar-refractivity contribution in [1.82, 2.24) is 4.90 Å². The zero-order chi connectivity index (χ0) is 13.7. The molecule has 2 rings (SSSR count). The van der Waals surface area contributed by atoms with Crippen LogP contribution in [-0.4, -0.2) is 36.5 Å². The van der Waals surface area contributed by atoms with E-state index in [4.69, 9.17) is 16.2 Å². The lowest BCUT2D eigenvalue weighted by atomic mass is 10.2. The number of carbonyl (C=O) groups is 1. The second-order valence-corrected chi connectivity index (χ2v) is 4.87. The Balaban J connectivity index is 1.71. The molecule has 0 saturated carbocycles. The Bertz CT molecular complexity index is 436. The molecule has 104 valence electrons. The maximum atomic E-state index is 11.2. The van der Waals surface area contributed by atoms with Gasteiger partial charge in [-0.25, -0.2) is 0 Å². The number of nitrogens with two attached hydrogens (primary N) is 2. The van der Waals surface area contributed by atoms with E-state index in [1.54, 1.807) is 0 Å². The van der Waals surface area contributed by atoms with E-state index in [2.05, 4.69) is 4.90 Å². The second kappa shape index (κ2) is 6.43. The summed E-state index contributed by atoms with van der Waals surface area (Å²) in [6, 6.07) is 7.30. The van der Waals surface area contributed by atoms with E-state index in [0.717, 1.165) is 38.1 Å². The SMILES string of the molecule is NC(=O)C1CCCN1CCCOc1cccc(N)c1. The van der Waals surface area contributed by atoms with E-state index in [-0.39, 0.29) is 11.9 Å². The quantitative estimate of drug-likeness (QED) is 0.592. The minimum Gasteiger partial charge on any atom is -0.493 e. The molecule has 1 aromatic carbocycles. The van der Waals surface area contributed by atoms with E-state index in [1.165, 1.54) is 0 Å². The molecule has 0 aromatic heterocycles. The lowest BCUT2D eigenvalue weighted by Gasteiger charge is -2.21. The molecule has 4 N–H and O–H groups in total. The lowest BCUT2D eigenvalue weighted by molar-refractivity contribution is -0.122. The first kappa shape index (κ1) is 13.7. The molecule has 19 heavy (non-hydrogen) atoms. The summed E-state index contributed by atoms with van der Waals surface area (Å²) in [5.74, 6) is 0.571. The predicted molar refractivity (Wildman–Crippen MR) is 74.8 cm³/mol. The zero-order valence-corrected chi connectivity index (χ0v) is 11.0. The van der Waals surface area contributed by atoms with Crippen molar-refractivity contribution in [2.45, 2.75) is 25.3 Å². The molecule has 0 aliphatic carbocycles. The maximum absolute atomic E-state index is 11.2. The van der Waals surface area contributed by atoms with Gasteiger partial charge in [0.15, 0.2) is 0 Å². The van der Waals surface area contributed by atoms with Crippen LogP contribution in [0.3, 0.4) is 0 Å². The highest BCUT2D eigenvalue weighted by molar-refractivity contribution is 5.80. The standard InChI is InChI=1S/C14H21N3O2/c15-11-4-1-5-12(10-11)19-9-3-8-17-7-2-6-13(17)14(16)18/h1,4-5,10,13H,2-3,6-9,15H2,(H2,16,18). The Morgan fingerprint density at radius 2 is 2.32 bits per heavy atom. The summed E-state index contributed by atoms with van der Waals surface area (Å²) in [7, 11) is 0. The van der Waals surface area contributed by atoms with Crippen LogP contribution in [0.25, 0.3) is 0 Å². The molecular weight excluding hydrogens is 242 g/mol. The van der Waals surface area contributed by atoms with Crippen LogP contribution in [0, 0.1) is 0 Å². The first-order chi connectivity index (χ1) is 9.16. The largest absolute Gasteiger partial charge is 0.493 e. The molecule has 1 amide bonds. The third-order valence-electron chi connectivity index (χ3n) is 3.41.